The van der Waals surface area contributed by atoms with Crippen molar-refractivity contribution in [2.75, 3.05) is 42.5 Å². The molecule has 280 valence electrons. The van der Waals surface area contributed by atoms with Crippen LogP contribution in [-0.2, 0) is 20.7 Å². The first-order valence-electron chi connectivity index (χ1n) is 18.5. The second-order valence-electron chi connectivity index (χ2n) is 14.1. The molecule has 1 N–H and O–H groups in total. The zero-order valence-electron chi connectivity index (χ0n) is 31.6. The third-order valence-corrected chi connectivity index (χ3v) is 9.03. The molecule has 2 saturated heterocycles. The maximum absolute atomic E-state index is 12.6. The highest BCUT2D eigenvalue weighted by Gasteiger charge is 2.33. The van der Waals surface area contributed by atoms with E-state index in [1.165, 1.54) is 5.56 Å². The lowest BCUT2D eigenvalue weighted by Gasteiger charge is -2.39. The Balaban J connectivity index is 0.000000261. The van der Waals surface area contributed by atoms with Gasteiger partial charge in [0.2, 0.25) is 11.8 Å². The molecule has 3 aromatic carbocycles. The lowest BCUT2D eigenvalue weighted by atomic mass is 10.0. The van der Waals surface area contributed by atoms with E-state index in [1.54, 1.807) is 9.91 Å². The van der Waals surface area contributed by atoms with Crippen molar-refractivity contribution in [2.45, 2.75) is 97.2 Å². The predicted molar refractivity (Wildman–Crippen MR) is 207 cm³/mol. The van der Waals surface area contributed by atoms with E-state index >= 15 is 0 Å². The highest BCUT2D eigenvalue weighted by Crippen LogP contribution is 2.26. The summed E-state index contributed by atoms with van der Waals surface area (Å²) in [6.07, 6.45) is 5.75. The van der Waals surface area contributed by atoms with Crippen molar-refractivity contribution >= 4 is 29.3 Å². The fourth-order valence-electron chi connectivity index (χ4n) is 6.67. The van der Waals surface area contributed by atoms with E-state index in [0.29, 0.717) is 25.9 Å². The largest absolute Gasteiger partial charge is 0.444 e. The van der Waals surface area contributed by atoms with Crippen molar-refractivity contribution in [3.05, 3.63) is 108 Å². The molecule has 0 aliphatic carbocycles. The van der Waals surface area contributed by atoms with Crippen LogP contribution in [0, 0.1) is 6.57 Å². The minimum Gasteiger partial charge on any atom is -0.444 e. The second-order valence-corrected chi connectivity index (χ2v) is 14.1. The van der Waals surface area contributed by atoms with Gasteiger partial charge in [-0.2, -0.15) is 6.57 Å². The lowest BCUT2D eigenvalue weighted by Crippen LogP contribution is -2.52. The van der Waals surface area contributed by atoms with Gasteiger partial charge in [-0.1, -0.05) is 80.6 Å². The van der Waals surface area contributed by atoms with Gasteiger partial charge >= 0.3 is 6.09 Å². The van der Waals surface area contributed by atoms with E-state index < -0.39 is 5.60 Å². The molecule has 3 aromatic rings. The molecule has 2 atom stereocenters. The molecule has 10 heteroatoms. The highest BCUT2D eigenvalue weighted by atomic mass is 16.6. The monoisotopic (exact) mass is 711 g/mol. The summed E-state index contributed by atoms with van der Waals surface area (Å²) in [4.78, 5) is 45.6. The number of amides is 3. The summed E-state index contributed by atoms with van der Waals surface area (Å²) in [7, 11) is 0. The summed E-state index contributed by atoms with van der Waals surface area (Å²) in [5.74, 6) is 0.304. The fraction of sp³-hybridized carbons (Fsp3) is 0.476. The molecule has 2 aliphatic heterocycles. The van der Waals surface area contributed by atoms with Crippen molar-refractivity contribution in [3.8, 4) is 0 Å². The van der Waals surface area contributed by atoms with E-state index in [4.69, 9.17) is 16.5 Å². The van der Waals surface area contributed by atoms with Crippen LogP contribution in [-0.4, -0.2) is 83.3 Å². The second kappa shape index (κ2) is 21.5. The van der Waals surface area contributed by atoms with Gasteiger partial charge in [-0.25, -0.2) is 10.0 Å². The highest BCUT2D eigenvalue weighted by molar-refractivity contribution is 5.94. The molecule has 5 rings (SSSR count). The molecule has 2 heterocycles. The lowest BCUT2D eigenvalue weighted by molar-refractivity contribution is -0.119. The summed E-state index contributed by atoms with van der Waals surface area (Å²) < 4.78 is 5.48. The number of likely N-dealkylation sites (tertiary alicyclic amines) is 2. The van der Waals surface area contributed by atoms with Gasteiger partial charge < -0.3 is 24.3 Å². The van der Waals surface area contributed by atoms with Gasteiger partial charge in [0.05, 0.1) is 6.04 Å². The van der Waals surface area contributed by atoms with Crippen LogP contribution in [0.1, 0.15) is 78.7 Å². The molecular formula is C42H57N5O5. The number of carbonyl (C=O) groups is 3. The maximum Gasteiger partial charge on any atom is 0.410 e. The Morgan fingerprint density at radius 1 is 0.769 bits per heavy atom. The quantitative estimate of drug-likeness (QED) is 0.177. The molecule has 0 radical (unpaired) electrons. The summed E-state index contributed by atoms with van der Waals surface area (Å²) in [5, 5.41) is 8.61. The molecule has 3 amide bonds. The number of hydrogen-bond acceptors (Lipinski definition) is 6. The zero-order valence-corrected chi connectivity index (χ0v) is 31.6. The number of para-hydroxylation sites is 2. The van der Waals surface area contributed by atoms with Gasteiger partial charge in [-0.3, -0.25) is 9.59 Å². The average Bonchev–Trinajstić information content (AvgIpc) is 3.15. The first kappa shape index (κ1) is 41.5. The minimum absolute atomic E-state index is 0.0129. The first-order valence-corrected chi connectivity index (χ1v) is 18.5. The Kier molecular flexibility index (Phi) is 17.2. The molecule has 52 heavy (non-hydrogen) atoms. The number of rotatable bonds is 9. The van der Waals surface area contributed by atoms with Crippen LogP contribution in [0.5, 0.6) is 0 Å². The Labute approximate surface area is 310 Å². The standard InChI is InChI=1S/C22H28N2O.C19H28N2O3.CHNO/c1-2-22(25)24(20-12-7-4-8-13-20)21-14-9-16-23(18-21)17-15-19-10-5-3-6-11-19;1-5-17(22)21(15-10-7-6-8-11-15)16-12-9-13-20(14-16)18(23)24-19(2,3)4;1-2-3/h3-8,10-13,21H,2,9,14-18H2,1H3;6-8,10-11,16H,5,9,12-14H2,1-4H3;3H/t21-;16-;/m11./s1. The molecule has 0 aromatic heterocycles. The Morgan fingerprint density at radius 3 is 1.67 bits per heavy atom. The summed E-state index contributed by atoms with van der Waals surface area (Å²) in [6.45, 7) is 19.1. The molecule has 0 spiro atoms. The third-order valence-electron chi connectivity index (χ3n) is 9.03. The number of piperidine rings is 2. The SMILES string of the molecule is CCC(=O)N(c1ccccc1)[C@@H]1CCCN(C(=O)OC(C)(C)C)C1.CCC(=O)N(c1ccccc1)[C@@H]1CCCN(CCc2ccccc2)C1.[C-]#[N+]O. The van der Waals surface area contributed by atoms with Gasteiger partial charge in [0.1, 0.15) is 5.60 Å². The summed E-state index contributed by atoms with van der Waals surface area (Å²) in [6, 6.07) is 30.7. The number of carbonyl (C=O) groups excluding carboxylic acids is 3. The van der Waals surface area contributed by atoms with Crippen molar-refractivity contribution < 1.29 is 24.3 Å². The molecule has 2 aliphatic rings. The van der Waals surface area contributed by atoms with E-state index in [-0.39, 0.29) is 30.0 Å². The van der Waals surface area contributed by atoms with Gasteiger partial charge in [0, 0.05) is 56.4 Å². The zero-order chi connectivity index (χ0) is 37.9. The third kappa shape index (κ3) is 13.3. The fourth-order valence-corrected chi connectivity index (χ4v) is 6.67. The topological polar surface area (TPSA) is 98.0 Å². The van der Waals surface area contributed by atoms with E-state index in [1.807, 2.05) is 92.9 Å². The van der Waals surface area contributed by atoms with E-state index in [9.17, 15) is 14.4 Å². The minimum atomic E-state index is -0.512. The van der Waals surface area contributed by atoms with Gasteiger partial charge in [-0.05, 0) is 94.3 Å². The number of hydrogen-bond donors (Lipinski definition) is 1. The maximum atomic E-state index is 12.6. The van der Waals surface area contributed by atoms with Crippen LogP contribution < -0.4 is 9.80 Å². The number of nitrogens with zero attached hydrogens (tertiary/aromatic N) is 5. The molecule has 10 nitrogen and oxygen atoms in total. The van der Waals surface area contributed by atoms with Gasteiger partial charge in [0.15, 0.2) is 0 Å². The van der Waals surface area contributed by atoms with Gasteiger partial charge in [0.25, 0.3) is 0 Å². The molecule has 0 saturated carbocycles. The van der Waals surface area contributed by atoms with Crippen LogP contribution >= 0.6 is 0 Å². The van der Waals surface area contributed by atoms with Crippen molar-refractivity contribution in [2.24, 2.45) is 0 Å². The molecule has 2 fully saturated rings. The van der Waals surface area contributed by atoms with Crippen LogP contribution in [0.4, 0.5) is 16.2 Å². The number of benzene rings is 3. The average molecular weight is 712 g/mol. The van der Waals surface area contributed by atoms with Crippen molar-refractivity contribution in [1.82, 2.24) is 9.80 Å². The van der Waals surface area contributed by atoms with Crippen LogP contribution in [0.25, 0.3) is 5.01 Å². The van der Waals surface area contributed by atoms with Crippen LogP contribution in [0.2, 0.25) is 0 Å². The molecule has 0 bridgehead atoms. The van der Waals surface area contributed by atoms with Crippen LogP contribution in [0.15, 0.2) is 91.0 Å². The number of anilines is 2. The summed E-state index contributed by atoms with van der Waals surface area (Å²) >= 11 is 0. The van der Waals surface area contributed by atoms with Crippen molar-refractivity contribution in [1.29, 1.82) is 0 Å². The summed E-state index contributed by atoms with van der Waals surface area (Å²) in [5.41, 5.74) is 2.79. The van der Waals surface area contributed by atoms with Crippen molar-refractivity contribution in [3.63, 3.8) is 0 Å². The molecular weight excluding hydrogens is 654 g/mol. The van der Waals surface area contributed by atoms with Crippen LogP contribution in [0.3, 0.4) is 0 Å². The predicted octanol–water partition coefficient (Wildman–Crippen LogP) is 8.26. The van der Waals surface area contributed by atoms with E-state index in [2.05, 4.69) is 47.4 Å². The first-order chi connectivity index (χ1) is 25.0. The normalized spacial score (nSPS) is 17.2. The Morgan fingerprint density at radius 2 is 1.21 bits per heavy atom. The smallest absolute Gasteiger partial charge is 0.410 e. The Hall–Kier alpha value is -4.88. The number of ether oxygens (including phenoxy) is 1. The molecule has 0 unspecified atom stereocenters. The Bertz CT molecular complexity index is 1540. The van der Waals surface area contributed by atoms with E-state index in [0.717, 1.165) is 63.1 Å². The van der Waals surface area contributed by atoms with Gasteiger partial charge in [-0.15, -0.1) is 0 Å².